The van der Waals surface area contributed by atoms with Crippen molar-refractivity contribution in [1.82, 2.24) is 0 Å². The number of carbonyl (C=O) groups is 1. The Bertz CT molecular complexity index is 464. The molecule has 100 valence electrons. The van der Waals surface area contributed by atoms with Gasteiger partial charge in [-0.25, -0.2) is 0 Å². The molecular weight excluding hydrogens is 327 g/mol. The molecule has 0 saturated heterocycles. The largest absolute Gasteiger partial charge is 0.496 e. The van der Waals surface area contributed by atoms with Crippen molar-refractivity contribution in [2.75, 3.05) is 7.11 Å². The van der Waals surface area contributed by atoms with E-state index in [9.17, 15) is 26.7 Å². The molecule has 1 aromatic rings. The zero-order valence-electron chi connectivity index (χ0n) is 8.82. The number of methoxy groups -OCH3 is 1. The van der Waals surface area contributed by atoms with Gasteiger partial charge in [0.05, 0.1) is 18.2 Å². The second kappa shape index (κ2) is 4.83. The Labute approximate surface area is 107 Å². The molecule has 1 rings (SSSR count). The van der Waals surface area contributed by atoms with Crippen LogP contribution in [0.3, 0.4) is 0 Å². The molecule has 2 nitrogen and oxygen atoms in total. The Morgan fingerprint density at radius 2 is 1.78 bits per heavy atom. The average molecular weight is 333 g/mol. The summed E-state index contributed by atoms with van der Waals surface area (Å²) in [6.07, 6.45) is -4.73. The number of hydrogen-bond donors (Lipinski definition) is 0. The maximum Gasteiger partial charge on any atom is 0.416 e. The van der Waals surface area contributed by atoms with Crippen molar-refractivity contribution < 1.29 is 31.5 Å². The average Bonchev–Trinajstić information content (AvgIpc) is 2.24. The van der Waals surface area contributed by atoms with Gasteiger partial charge in [0.15, 0.2) is 0 Å². The maximum atomic E-state index is 12.8. The third-order valence-corrected chi connectivity index (χ3v) is 2.39. The minimum absolute atomic E-state index is 0.330. The van der Waals surface area contributed by atoms with Crippen LogP contribution in [0.15, 0.2) is 18.2 Å². The van der Waals surface area contributed by atoms with Gasteiger partial charge < -0.3 is 4.74 Å². The van der Waals surface area contributed by atoms with Crippen molar-refractivity contribution in [3.8, 4) is 5.75 Å². The minimum atomic E-state index is -4.73. The van der Waals surface area contributed by atoms with E-state index in [4.69, 9.17) is 0 Å². The van der Waals surface area contributed by atoms with Crippen LogP contribution < -0.4 is 4.74 Å². The van der Waals surface area contributed by atoms with Gasteiger partial charge in [0.25, 0.3) is 0 Å². The second-order valence-corrected chi connectivity index (χ2v) is 4.24. The zero-order valence-corrected chi connectivity index (χ0v) is 10.4. The van der Waals surface area contributed by atoms with E-state index in [1.807, 2.05) is 0 Å². The number of Topliss-reactive ketones (excluding diaryl/α,β-unsaturated/α-hetero) is 1. The van der Waals surface area contributed by atoms with Gasteiger partial charge in [0, 0.05) is 0 Å². The van der Waals surface area contributed by atoms with E-state index < -0.39 is 27.9 Å². The summed E-state index contributed by atoms with van der Waals surface area (Å²) in [6.45, 7) is 0. The number of rotatable bonds is 3. The Morgan fingerprint density at radius 3 is 2.17 bits per heavy atom. The Kier molecular flexibility index (Phi) is 3.99. The molecule has 0 bridgehead atoms. The summed E-state index contributed by atoms with van der Waals surface area (Å²) in [7, 11) is 1.06. The SMILES string of the molecule is COc1ccc(C(F)(F)F)cc1C(=O)C(F)(F)Br. The van der Waals surface area contributed by atoms with Crippen LogP contribution in [0.1, 0.15) is 15.9 Å². The third-order valence-electron chi connectivity index (χ3n) is 2.03. The van der Waals surface area contributed by atoms with Crippen LogP contribution in [0.5, 0.6) is 5.75 Å². The van der Waals surface area contributed by atoms with Gasteiger partial charge in [-0.2, -0.15) is 22.0 Å². The molecule has 0 amide bonds. The summed E-state index contributed by atoms with van der Waals surface area (Å²) < 4.78 is 67.4. The molecule has 0 atom stereocenters. The zero-order chi connectivity index (χ0) is 14.1. The standard InChI is InChI=1S/C10H6BrF5O2/c1-18-7-3-2-5(10(14,15)16)4-6(7)8(17)9(11,12)13/h2-4H,1H3. The van der Waals surface area contributed by atoms with Gasteiger partial charge in [-0.05, 0) is 34.1 Å². The summed E-state index contributed by atoms with van der Waals surface area (Å²) in [5, 5.41) is 0. The fraction of sp³-hybridized carbons (Fsp3) is 0.300. The van der Waals surface area contributed by atoms with Crippen molar-refractivity contribution in [3.63, 3.8) is 0 Å². The molecule has 0 radical (unpaired) electrons. The van der Waals surface area contributed by atoms with Gasteiger partial charge in [0.2, 0.25) is 5.78 Å². The Hall–Kier alpha value is -1.18. The second-order valence-electron chi connectivity index (χ2n) is 3.24. The van der Waals surface area contributed by atoms with Crippen molar-refractivity contribution in [3.05, 3.63) is 29.3 Å². The summed E-state index contributed by atoms with van der Waals surface area (Å²) in [4.78, 5) is 7.33. The quantitative estimate of drug-likeness (QED) is 0.477. The number of benzene rings is 1. The molecule has 0 aliphatic rings. The molecule has 0 heterocycles. The smallest absolute Gasteiger partial charge is 0.416 e. The summed E-state index contributed by atoms with van der Waals surface area (Å²) in [6, 6.07) is 1.78. The summed E-state index contributed by atoms with van der Waals surface area (Å²) >= 11 is 1.80. The monoisotopic (exact) mass is 332 g/mol. The predicted octanol–water partition coefficient (Wildman–Crippen LogP) is 3.88. The first-order valence-corrected chi connectivity index (χ1v) is 5.23. The lowest BCUT2D eigenvalue weighted by Gasteiger charge is -2.14. The van der Waals surface area contributed by atoms with Gasteiger partial charge in [-0.1, -0.05) is 0 Å². The van der Waals surface area contributed by atoms with Crippen LogP contribution in [-0.4, -0.2) is 17.7 Å². The first-order chi connectivity index (χ1) is 8.07. The number of ketones is 1. The summed E-state index contributed by atoms with van der Waals surface area (Å²) in [5.74, 6) is -2.16. The molecule has 0 saturated carbocycles. The Morgan fingerprint density at radius 1 is 1.22 bits per heavy atom. The molecule has 0 fully saturated rings. The number of halogens is 6. The van der Waals surface area contributed by atoms with Crippen LogP contribution in [-0.2, 0) is 6.18 Å². The molecule has 8 heteroatoms. The molecular formula is C10H6BrF5O2. The minimum Gasteiger partial charge on any atom is -0.496 e. The first-order valence-electron chi connectivity index (χ1n) is 4.44. The summed E-state index contributed by atoms with van der Waals surface area (Å²) in [5.41, 5.74) is -2.04. The lowest BCUT2D eigenvalue weighted by atomic mass is 10.1. The van der Waals surface area contributed by atoms with Crippen molar-refractivity contribution in [1.29, 1.82) is 0 Å². The molecule has 0 aliphatic carbocycles. The van der Waals surface area contributed by atoms with E-state index in [0.29, 0.717) is 12.1 Å². The number of hydrogen-bond acceptors (Lipinski definition) is 2. The van der Waals surface area contributed by atoms with Gasteiger partial charge in [0.1, 0.15) is 5.75 Å². The topological polar surface area (TPSA) is 26.3 Å². The van der Waals surface area contributed by atoms with E-state index >= 15 is 0 Å². The van der Waals surface area contributed by atoms with E-state index in [-0.39, 0.29) is 5.75 Å². The van der Waals surface area contributed by atoms with E-state index in [0.717, 1.165) is 13.2 Å². The molecule has 0 aliphatic heterocycles. The molecule has 1 aromatic carbocycles. The van der Waals surface area contributed by atoms with Crippen molar-refractivity contribution >= 4 is 21.7 Å². The highest BCUT2D eigenvalue weighted by Crippen LogP contribution is 2.36. The number of alkyl halides is 6. The molecule has 0 unspecified atom stereocenters. The predicted molar refractivity (Wildman–Crippen MR) is 56.2 cm³/mol. The van der Waals surface area contributed by atoms with Crippen LogP contribution in [0, 0.1) is 0 Å². The molecule has 0 aromatic heterocycles. The highest BCUT2D eigenvalue weighted by atomic mass is 79.9. The number of carbonyl (C=O) groups excluding carboxylic acids is 1. The van der Waals surface area contributed by atoms with Crippen LogP contribution in [0.2, 0.25) is 0 Å². The molecule has 0 spiro atoms. The van der Waals surface area contributed by atoms with Gasteiger partial charge in [-0.3, -0.25) is 4.79 Å². The fourth-order valence-corrected chi connectivity index (χ4v) is 1.43. The maximum absolute atomic E-state index is 12.8. The molecule has 0 N–H and O–H groups in total. The lowest BCUT2D eigenvalue weighted by molar-refractivity contribution is -0.137. The van der Waals surface area contributed by atoms with E-state index in [1.165, 1.54) is 0 Å². The normalized spacial score (nSPS) is 12.4. The van der Waals surface area contributed by atoms with Crippen LogP contribution in [0.4, 0.5) is 22.0 Å². The first kappa shape index (κ1) is 14.9. The highest BCUT2D eigenvalue weighted by molar-refractivity contribution is 9.10. The van der Waals surface area contributed by atoms with Crippen LogP contribution >= 0.6 is 15.9 Å². The van der Waals surface area contributed by atoms with Crippen LogP contribution in [0.25, 0.3) is 0 Å². The number of ether oxygens (including phenoxy) is 1. The highest BCUT2D eigenvalue weighted by Gasteiger charge is 2.39. The van der Waals surface area contributed by atoms with E-state index in [1.54, 1.807) is 15.9 Å². The van der Waals surface area contributed by atoms with Crippen molar-refractivity contribution in [2.24, 2.45) is 0 Å². The van der Waals surface area contributed by atoms with E-state index in [2.05, 4.69) is 4.74 Å². The Balaban J connectivity index is 3.36. The molecule has 18 heavy (non-hydrogen) atoms. The van der Waals surface area contributed by atoms with Gasteiger partial charge in [-0.15, -0.1) is 0 Å². The van der Waals surface area contributed by atoms with Gasteiger partial charge >= 0.3 is 11.0 Å². The third kappa shape index (κ3) is 3.18. The lowest BCUT2D eigenvalue weighted by Crippen LogP contribution is -2.22. The fourth-order valence-electron chi connectivity index (χ4n) is 1.21. The van der Waals surface area contributed by atoms with Crippen molar-refractivity contribution in [2.45, 2.75) is 11.0 Å².